The zero-order valence-electron chi connectivity index (χ0n) is 15.5. The van der Waals surface area contributed by atoms with E-state index in [4.69, 9.17) is 34.8 Å². The third-order valence-electron chi connectivity index (χ3n) is 4.08. The SMILES string of the molecule is Cc1c(C(=O)NS(=O)(=O)c2cc(C(F)(F)F)ccc2Br)nnn1-c1c(Cl)cc(Cl)cc1Cl. The summed E-state index contributed by atoms with van der Waals surface area (Å²) in [5.41, 5.74) is -1.42. The van der Waals surface area contributed by atoms with Crippen LogP contribution in [-0.4, -0.2) is 29.3 Å². The molecule has 7 nitrogen and oxygen atoms in total. The van der Waals surface area contributed by atoms with Gasteiger partial charge in [-0.05, 0) is 53.2 Å². The number of amides is 1. The maximum Gasteiger partial charge on any atom is 0.416 e. The maximum absolute atomic E-state index is 13.0. The highest BCUT2D eigenvalue weighted by Crippen LogP contribution is 2.34. The van der Waals surface area contributed by atoms with Crippen LogP contribution in [0.1, 0.15) is 21.7 Å². The van der Waals surface area contributed by atoms with Gasteiger partial charge in [-0.3, -0.25) is 4.79 Å². The Kier molecular flexibility index (Phi) is 6.83. The lowest BCUT2D eigenvalue weighted by Crippen LogP contribution is -2.32. The van der Waals surface area contributed by atoms with Crippen molar-refractivity contribution in [3.63, 3.8) is 0 Å². The second kappa shape index (κ2) is 8.82. The molecule has 0 unspecified atom stereocenters. The molecule has 0 aliphatic rings. The molecular formula is C17H9BrCl3F3N4O3S. The fourth-order valence-corrected chi connectivity index (χ4v) is 5.52. The van der Waals surface area contributed by atoms with Crippen molar-refractivity contribution in [3.8, 4) is 5.69 Å². The molecule has 32 heavy (non-hydrogen) atoms. The molecule has 0 aliphatic heterocycles. The minimum Gasteiger partial charge on any atom is -0.266 e. The number of carbonyl (C=O) groups is 1. The van der Waals surface area contributed by atoms with Crippen LogP contribution in [0, 0.1) is 6.92 Å². The third-order valence-corrected chi connectivity index (χ3v) is 7.20. The van der Waals surface area contributed by atoms with E-state index in [1.165, 1.54) is 19.1 Å². The van der Waals surface area contributed by atoms with Crippen LogP contribution in [0.5, 0.6) is 0 Å². The minimum absolute atomic E-state index is 0.0620. The van der Waals surface area contributed by atoms with Crippen LogP contribution in [0.15, 0.2) is 39.7 Å². The zero-order chi connectivity index (χ0) is 24.0. The third kappa shape index (κ3) is 4.88. The molecule has 3 rings (SSSR count). The number of hydrogen-bond acceptors (Lipinski definition) is 5. The van der Waals surface area contributed by atoms with E-state index in [1.807, 2.05) is 0 Å². The van der Waals surface area contributed by atoms with E-state index in [9.17, 15) is 26.4 Å². The molecule has 0 atom stereocenters. The lowest BCUT2D eigenvalue weighted by atomic mass is 10.2. The van der Waals surface area contributed by atoms with Gasteiger partial charge >= 0.3 is 6.18 Å². The molecule has 0 aliphatic carbocycles. The molecule has 1 aromatic heterocycles. The lowest BCUT2D eigenvalue weighted by molar-refractivity contribution is -0.137. The molecule has 170 valence electrons. The van der Waals surface area contributed by atoms with Crippen molar-refractivity contribution in [3.05, 3.63) is 66.8 Å². The molecule has 1 heterocycles. The highest BCUT2D eigenvalue weighted by molar-refractivity contribution is 9.10. The molecule has 0 saturated heterocycles. The molecule has 1 N–H and O–H groups in total. The van der Waals surface area contributed by atoms with Gasteiger partial charge in [-0.1, -0.05) is 40.0 Å². The van der Waals surface area contributed by atoms with Crippen molar-refractivity contribution in [1.82, 2.24) is 19.7 Å². The number of sulfonamides is 1. The first-order chi connectivity index (χ1) is 14.7. The molecule has 0 spiro atoms. The van der Waals surface area contributed by atoms with Crippen LogP contribution in [0.3, 0.4) is 0 Å². The summed E-state index contributed by atoms with van der Waals surface area (Å²) in [6.07, 6.45) is -4.79. The van der Waals surface area contributed by atoms with Crippen molar-refractivity contribution in [2.45, 2.75) is 18.0 Å². The standard InChI is InChI=1S/C17H9BrCl3F3N4O3S/c1-7-14(25-27-28(7)15-11(20)5-9(19)6-12(15)21)16(29)26-32(30,31)13-4-8(17(22,23)24)2-3-10(13)18/h2-6H,1H3,(H,26,29). The van der Waals surface area contributed by atoms with Crippen LogP contribution in [0.25, 0.3) is 5.69 Å². The summed E-state index contributed by atoms with van der Waals surface area (Å²) in [5.74, 6) is -1.22. The lowest BCUT2D eigenvalue weighted by Gasteiger charge is -2.12. The zero-order valence-corrected chi connectivity index (χ0v) is 20.2. The molecular weight excluding hydrogens is 584 g/mol. The summed E-state index contributed by atoms with van der Waals surface area (Å²) >= 11 is 21.0. The fourth-order valence-electron chi connectivity index (χ4n) is 2.60. The number of nitrogens with zero attached hydrogens (tertiary/aromatic N) is 3. The first-order valence-electron chi connectivity index (χ1n) is 8.23. The second-order valence-electron chi connectivity index (χ2n) is 6.23. The van der Waals surface area contributed by atoms with E-state index < -0.39 is 38.3 Å². The van der Waals surface area contributed by atoms with E-state index in [0.717, 1.165) is 10.7 Å². The molecule has 0 saturated carbocycles. The topological polar surface area (TPSA) is 93.9 Å². The maximum atomic E-state index is 13.0. The quantitative estimate of drug-likeness (QED) is 0.436. The van der Waals surface area contributed by atoms with Gasteiger partial charge in [0.15, 0.2) is 5.69 Å². The number of halogens is 7. The molecule has 15 heteroatoms. The van der Waals surface area contributed by atoms with Gasteiger partial charge < -0.3 is 0 Å². The van der Waals surface area contributed by atoms with E-state index >= 15 is 0 Å². The fraction of sp³-hybridized carbons (Fsp3) is 0.118. The van der Waals surface area contributed by atoms with Crippen molar-refractivity contribution >= 4 is 66.7 Å². The predicted octanol–water partition coefficient (Wildman–Crippen LogP) is 5.44. The number of carbonyl (C=O) groups excluding carboxylic acids is 1. The van der Waals surface area contributed by atoms with Gasteiger partial charge in [-0.2, -0.15) is 13.2 Å². The van der Waals surface area contributed by atoms with Gasteiger partial charge in [0.1, 0.15) is 10.6 Å². The first-order valence-corrected chi connectivity index (χ1v) is 11.6. The number of benzene rings is 2. The summed E-state index contributed by atoms with van der Waals surface area (Å²) in [6, 6.07) is 4.76. The first kappa shape index (κ1) is 24.8. The summed E-state index contributed by atoms with van der Waals surface area (Å²) in [4.78, 5) is 11.8. The monoisotopic (exact) mass is 590 g/mol. The highest BCUT2D eigenvalue weighted by Gasteiger charge is 2.33. The highest BCUT2D eigenvalue weighted by atomic mass is 79.9. The van der Waals surface area contributed by atoms with Crippen molar-refractivity contribution < 1.29 is 26.4 Å². The Labute approximate surface area is 202 Å². The second-order valence-corrected chi connectivity index (χ2v) is 9.99. The Morgan fingerprint density at radius 2 is 1.72 bits per heavy atom. The summed E-state index contributed by atoms with van der Waals surface area (Å²) < 4.78 is 66.7. The summed E-state index contributed by atoms with van der Waals surface area (Å²) in [6.45, 7) is 1.39. The number of alkyl halides is 3. The Hall–Kier alpha value is -1.86. The van der Waals surface area contributed by atoms with Crippen molar-refractivity contribution in [1.29, 1.82) is 0 Å². The van der Waals surface area contributed by atoms with Gasteiger partial charge in [0.25, 0.3) is 15.9 Å². The van der Waals surface area contributed by atoms with Crippen LogP contribution >= 0.6 is 50.7 Å². The predicted molar refractivity (Wildman–Crippen MR) is 115 cm³/mol. The van der Waals surface area contributed by atoms with Crippen molar-refractivity contribution in [2.24, 2.45) is 0 Å². The van der Waals surface area contributed by atoms with Gasteiger partial charge in [0.05, 0.1) is 21.3 Å². The largest absolute Gasteiger partial charge is 0.416 e. The summed E-state index contributed by atoms with van der Waals surface area (Å²) in [7, 11) is -4.71. The summed E-state index contributed by atoms with van der Waals surface area (Å²) in [5, 5.41) is 7.83. The van der Waals surface area contributed by atoms with E-state index in [0.29, 0.717) is 12.1 Å². The molecule has 3 aromatic rings. The van der Waals surface area contributed by atoms with E-state index in [2.05, 4.69) is 26.2 Å². The number of hydrogen-bond donors (Lipinski definition) is 1. The Bertz CT molecular complexity index is 1320. The van der Waals surface area contributed by atoms with Crippen molar-refractivity contribution in [2.75, 3.05) is 0 Å². The molecule has 1 amide bonds. The molecule has 0 fully saturated rings. The van der Waals surface area contributed by atoms with E-state index in [-0.39, 0.29) is 30.9 Å². The van der Waals surface area contributed by atoms with Crippen LogP contribution in [-0.2, 0) is 16.2 Å². The normalized spacial score (nSPS) is 12.1. The van der Waals surface area contributed by atoms with E-state index in [1.54, 1.807) is 4.72 Å². The Morgan fingerprint density at radius 1 is 1.12 bits per heavy atom. The number of rotatable bonds is 4. The van der Waals surface area contributed by atoms with Crippen LogP contribution in [0.4, 0.5) is 13.2 Å². The molecule has 0 radical (unpaired) electrons. The number of aromatic nitrogens is 3. The van der Waals surface area contributed by atoms with Crippen LogP contribution in [0.2, 0.25) is 15.1 Å². The van der Waals surface area contributed by atoms with Crippen LogP contribution < -0.4 is 4.72 Å². The number of nitrogens with one attached hydrogen (secondary N) is 1. The average Bonchev–Trinajstić information content (AvgIpc) is 3.01. The van der Waals surface area contributed by atoms with Gasteiger partial charge in [-0.25, -0.2) is 17.8 Å². The van der Waals surface area contributed by atoms with Gasteiger partial charge in [0, 0.05) is 9.50 Å². The molecule has 2 aromatic carbocycles. The van der Waals surface area contributed by atoms with Gasteiger partial charge in [-0.15, -0.1) is 5.10 Å². The molecule has 0 bridgehead atoms. The average molecular weight is 593 g/mol. The smallest absolute Gasteiger partial charge is 0.266 e. The van der Waals surface area contributed by atoms with Gasteiger partial charge in [0.2, 0.25) is 0 Å². The Morgan fingerprint density at radius 3 is 2.28 bits per heavy atom. The minimum atomic E-state index is -4.79. The Balaban J connectivity index is 1.97.